The third-order valence-corrected chi connectivity index (χ3v) is 5.96. The number of benzene rings is 1. The Kier molecular flexibility index (Phi) is 7.71. The van der Waals surface area contributed by atoms with Crippen LogP contribution in [0.4, 0.5) is 0 Å². The molecule has 0 bridgehead atoms. The van der Waals surface area contributed by atoms with E-state index >= 15 is 0 Å². The highest BCUT2D eigenvalue weighted by atomic mass is 16.5. The molecule has 2 aliphatic rings. The smallest absolute Gasteiger partial charge is 0.308 e. The summed E-state index contributed by atoms with van der Waals surface area (Å²) in [5.41, 5.74) is 0.515. The van der Waals surface area contributed by atoms with Crippen molar-refractivity contribution in [3.63, 3.8) is 0 Å². The Balaban J connectivity index is 1.47. The first-order valence-electron chi connectivity index (χ1n) is 10.4. The quantitative estimate of drug-likeness (QED) is 0.711. The van der Waals surface area contributed by atoms with Gasteiger partial charge < -0.3 is 19.9 Å². The van der Waals surface area contributed by atoms with Gasteiger partial charge in [-0.2, -0.15) is 0 Å². The minimum Gasteiger partial charge on any atom is -0.493 e. The van der Waals surface area contributed by atoms with Gasteiger partial charge in [0.05, 0.1) is 12.5 Å². The second-order valence-corrected chi connectivity index (χ2v) is 7.94. The van der Waals surface area contributed by atoms with Gasteiger partial charge in [-0.1, -0.05) is 19.3 Å². The maximum Gasteiger partial charge on any atom is 0.308 e. The van der Waals surface area contributed by atoms with Crippen molar-refractivity contribution < 1.29 is 24.2 Å². The predicted octanol–water partition coefficient (Wildman–Crippen LogP) is 3.50. The minimum atomic E-state index is -0.862. The number of hydrogen-bond acceptors (Lipinski definition) is 4. The van der Waals surface area contributed by atoms with Crippen LogP contribution in [0.15, 0.2) is 24.3 Å². The van der Waals surface area contributed by atoms with Crippen molar-refractivity contribution in [2.75, 3.05) is 26.4 Å². The van der Waals surface area contributed by atoms with Crippen LogP contribution in [0.25, 0.3) is 0 Å². The molecule has 0 spiro atoms. The van der Waals surface area contributed by atoms with E-state index in [2.05, 4.69) is 5.32 Å². The lowest BCUT2D eigenvalue weighted by molar-refractivity contribution is -0.144. The molecule has 1 unspecified atom stereocenters. The van der Waals surface area contributed by atoms with Crippen LogP contribution in [0.2, 0.25) is 0 Å². The molecule has 1 saturated carbocycles. The molecule has 28 heavy (non-hydrogen) atoms. The van der Waals surface area contributed by atoms with Gasteiger partial charge in [0.25, 0.3) is 5.91 Å². The maximum absolute atomic E-state index is 12.4. The van der Waals surface area contributed by atoms with Crippen LogP contribution in [0.5, 0.6) is 5.75 Å². The van der Waals surface area contributed by atoms with Crippen LogP contribution in [-0.2, 0) is 9.53 Å². The molecule has 0 aromatic heterocycles. The highest BCUT2D eigenvalue weighted by molar-refractivity contribution is 5.94. The van der Waals surface area contributed by atoms with Gasteiger partial charge in [-0.15, -0.1) is 0 Å². The lowest BCUT2D eigenvalue weighted by atomic mass is 9.86. The molecule has 6 nitrogen and oxygen atoms in total. The van der Waals surface area contributed by atoms with Crippen molar-refractivity contribution >= 4 is 11.9 Å². The van der Waals surface area contributed by atoms with E-state index in [1.807, 2.05) is 12.1 Å². The SMILES string of the molecule is O=C(NCC(C(=O)O)C1CCOCC1)c1ccc(OCC2CCCCC2)cc1. The summed E-state index contributed by atoms with van der Waals surface area (Å²) < 4.78 is 11.2. The molecule has 1 saturated heterocycles. The van der Waals surface area contributed by atoms with Gasteiger partial charge in [0.1, 0.15) is 5.75 Å². The van der Waals surface area contributed by atoms with Crippen molar-refractivity contribution in [1.82, 2.24) is 5.32 Å². The van der Waals surface area contributed by atoms with Crippen LogP contribution < -0.4 is 10.1 Å². The van der Waals surface area contributed by atoms with E-state index in [1.54, 1.807) is 12.1 Å². The van der Waals surface area contributed by atoms with Crippen molar-refractivity contribution in [2.24, 2.45) is 17.8 Å². The average molecular weight is 389 g/mol. The fraction of sp³-hybridized carbons (Fsp3) is 0.636. The summed E-state index contributed by atoms with van der Waals surface area (Å²) in [6.07, 6.45) is 7.82. The first kappa shape index (κ1) is 20.6. The maximum atomic E-state index is 12.4. The number of amides is 1. The highest BCUT2D eigenvalue weighted by Crippen LogP contribution is 2.25. The number of carbonyl (C=O) groups is 2. The Morgan fingerprint density at radius 3 is 2.39 bits per heavy atom. The van der Waals surface area contributed by atoms with Crippen LogP contribution in [0.1, 0.15) is 55.3 Å². The lowest BCUT2D eigenvalue weighted by Gasteiger charge is -2.27. The zero-order valence-corrected chi connectivity index (χ0v) is 16.4. The van der Waals surface area contributed by atoms with Crippen LogP contribution in [0, 0.1) is 17.8 Å². The summed E-state index contributed by atoms with van der Waals surface area (Å²) in [6, 6.07) is 7.08. The number of carbonyl (C=O) groups excluding carboxylic acids is 1. The Labute approximate surface area is 166 Å². The zero-order valence-electron chi connectivity index (χ0n) is 16.4. The fourth-order valence-electron chi connectivity index (χ4n) is 4.15. The van der Waals surface area contributed by atoms with Crippen molar-refractivity contribution in [3.8, 4) is 5.75 Å². The molecule has 1 aromatic rings. The van der Waals surface area contributed by atoms with Crippen molar-refractivity contribution in [3.05, 3.63) is 29.8 Å². The molecule has 1 amide bonds. The summed E-state index contributed by atoms with van der Waals surface area (Å²) in [5, 5.41) is 12.3. The molecule has 2 N–H and O–H groups in total. The number of nitrogens with one attached hydrogen (secondary N) is 1. The molecular formula is C22H31NO5. The summed E-state index contributed by atoms with van der Waals surface area (Å²) in [7, 11) is 0. The van der Waals surface area contributed by atoms with Crippen LogP contribution in [-0.4, -0.2) is 43.3 Å². The van der Waals surface area contributed by atoms with E-state index in [-0.39, 0.29) is 18.4 Å². The largest absolute Gasteiger partial charge is 0.493 e. The van der Waals surface area contributed by atoms with Gasteiger partial charge in [0, 0.05) is 25.3 Å². The van der Waals surface area contributed by atoms with Gasteiger partial charge in [-0.05, 0) is 61.8 Å². The molecule has 6 heteroatoms. The van der Waals surface area contributed by atoms with E-state index in [0.717, 1.165) is 25.2 Å². The minimum absolute atomic E-state index is 0.0436. The molecule has 1 atom stereocenters. The Hall–Kier alpha value is -2.08. The standard InChI is InChI=1S/C22H31NO5/c24-21(23-14-20(22(25)26)17-10-12-27-13-11-17)18-6-8-19(9-7-18)28-15-16-4-2-1-3-5-16/h6-9,16-17,20H,1-5,10-15H2,(H,23,24)(H,25,26). The van der Waals surface area contributed by atoms with Gasteiger partial charge in [0.2, 0.25) is 0 Å². The third kappa shape index (κ3) is 5.96. The van der Waals surface area contributed by atoms with Gasteiger partial charge in [-0.3, -0.25) is 9.59 Å². The monoisotopic (exact) mass is 389 g/mol. The fourth-order valence-corrected chi connectivity index (χ4v) is 4.15. The molecule has 0 radical (unpaired) electrons. The van der Waals surface area contributed by atoms with E-state index in [1.165, 1.54) is 32.1 Å². The molecule has 1 aliphatic carbocycles. The molecule has 1 aromatic carbocycles. The molecule has 2 fully saturated rings. The first-order chi connectivity index (χ1) is 13.6. The number of hydrogen-bond donors (Lipinski definition) is 2. The van der Waals surface area contributed by atoms with Crippen molar-refractivity contribution in [2.45, 2.75) is 44.9 Å². The number of aliphatic carboxylic acids is 1. The van der Waals surface area contributed by atoms with E-state index < -0.39 is 11.9 Å². The third-order valence-electron chi connectivity index (χ3n) is 5.96. The predicted molar refractivity (Wildman–Crippen MR) is 106 cm³/mol. The Bertz CT molecular complexity index is 633. The average Bonchev–Trinajstić information content (AvgIpc) is 2.74. The summed E-state index contributed by atoms with van der Waals surface area (Å²) >= 11 is 0. The molecule has 154 valence electrons. The van der Waals surface area contributed by atoms with E-state index in [0.29, 0.717) is 24.7 Å². The number of carboxylic acid groups (broad SMARTS) is 1. The normalized spacial score (nSPS) is 19.7. The number of carboxylic acids is 1. The first-order valence-corrected chi connectivity index (χ1v) is 10.4. The molecule has 3 rings (SSSR count). The molecule has 1 aliphatic heterocycles. The molecular weight excluding hydrogens is 358 g/mol. The van der Waals surface area contributed by atoms with Crippen LogP contribution in [0.3, 0.4) is 0 Å². The Morgan fingerprint density at radius 2 is 1.75 bits per heavy atom. The van der Waals surface area contributed by atoms with E-state index in [4.69, 9.17) is 9.47 Å². The summed E-state index contributed by atoms with van der Waals surface area (Å²) in [4.78, 5) is 24.0. The van der Waals surface area contributed by atoms with Crippen LogP contribution >= 0.6 is 0 Å². The zero-order chi connectivity index (χ0) is 19.8. The topological polar surface area (TPSA) is 84.9 Å². The summed E-state index contributed by atoms with van der Waals surface area (Å²) in [5.74, 6) is -0.244. The second-order valence-electron chi connectivity index (χ2n) is 7.94. The lowest BCUT2D eigenvalue weighted by Crippen LogP contribution is -2.38. The van der Waals surface area contributed by atoms with E-state index in [9.17, 15) is 14.7 Å². The second kappa shape index (κ2) is 10.5. The van der Waals surface area contributed by atoms with Gasteiger partial charge in [-0.25, -0.2) is 0 Å². The van der Waals surface area contributed by atoms with Crippen molar-refractivity contribution in [1.29, 1.82) is 0 Å². The summed E-state index contributed by atoms with van der Waals surface area (Å²) in [6.45, 7) is 2.05. The number of ether oxygens (including phenoxy) is 2. The molecule has 1 heterocycles. The number of rotatable bonds is 8. The van der Waals surface area contributed by atoms with Gasteiger partial charge >= 0.3 is 5.97 Å². The Morgan fingerprint density at radius 1 is 1.07 bits per heavy atom. The van der Waals surface area contributed by atoms with Gasteiger partial charge in [0.15, 0.2) is 0 Å². The highest BCUT2D eigenvalue weighted by Gasteiger charge is 2.30.